The van der Waals surface area contributed by atoms with Crippen LogP contribution < -0.4 is 10.1 Å². The highest BCUT2D eigenvalue weighted by Crippen LogP contribution is 2.28. The van der Waals surface area contributed by atoms with Crippen LogP contribution in [-0.2, 0) is 0 Å². The van der Waals surface area contributed by atoms with Gasteiger partial charge in [-0.05, 0) is 26.0 Å². The molecular formula is C14H20ClN3O4. The van der Waals surface area contributed by atoms with Crippen LogP contribution in [-0.4, -0.2) is 48.0 Å². The summed E-state index contributed by atoms with van der Waals surface area (Å²) in [5, 5.41) is 14.3. The first-order valence-electron chi connectivity index (χ1n) is 6.82. The van der Waals surface area contributed by atoms with Crippen LogP contribution in [0.1, 0.15) is 24.2 Å². The van der Waals surface area contributed by atoms with Crippen LogP contribution in [0.5, 0.6) is 5.75 Å². The van der Waals surface area contributed by atoms with Gasteiger partial charge in [0, 0.05) is 36.8 Å². The molecule has 1 aliphatic heterocycles. The monoisotopic (exact) mass is 329 g/mol. The van der Waals surface area contributed by atoms with E-state index in [1.807, 2.05) is 13.8 Å². The summed E-state index contributed by atoms with van der Waals surface area (Å²) in [6.07, 6.45) is 0. The third-order valence-electron chi connectivity index (χ3n) is 3.92. The standard InChI is InChI=1S/C14H19N3O4.ClH/c1-9-10(2)16(7-6-15-9)14(18)11-4-5-13(21-3)12(8-11)17(19)20;/h4-5,8-10,15H,6-7H2,1-3H3;1H. The van der Waals surface area contributed by atoms with E-state index in [1.165, 1.54) is 19.2 Å². The number of nitro benzene ring substituents is 1. The van der Waals surface area contributed by atoms with Crippen molar-refractivity contribution in [1.29, 1.82) is 0 Å². The number of carbonyl (C=O) groups excluding carboxylic acids is 1. The van der Waals surface area contributed by atoms with Crippen LogP contribution in [0.15, 0.2) is 18.2 Å². The van der Waals surface area contributed by atoms with Crippen LogP contribution >= 0.6 is 12.4 Å². The van der Waals surface area contributed by atoms with Crippen molar-refractivity contribution in [1.82, 2.24) is 10.2 Å². The maximum absolute atomic E-state index is 12.6. The average molecular weight is 330 g/mol. The minimum atomic E-state index is -0.542. The second kappa shape index (κ2) is 7.42. The van der Waals surface area contributed by atoms with Gasteiger partial charge in [-0.1, -0.05) is 0 Å². The van der Waals surface area contributed by atoms with Gasteiger partial charge >= 0.3 is 5.69 Å². The molecule has 1 heterocycles. The second-order valence-corrected chi connectivity index (χ2v) is 5.13. The van der Waals surface area contributed by atoms with E-state index in [2.05, 4.69) is 5.32 Å². The lowest BCUT2D eigenvalue weighted by molar-refractivity contribution is -0.385. The van der Waals surface area contributed by atoms with Crippen LogP contribution in [0, 0.1) is 10.1 Å². The molecule has 1 aliphatic rings. The van der Waals surface area contributed by atoms with E-state index in [-0.39, 0.29) is 41.8 Å². The normalized spacial score (nSPS) is 21.0. The van der Waals surface area contributed by atoms with Gasteiger partial charge in [-0.3, -0.25) is 14.9 Å². The van der Waals surface area contributed by atoms with E-state index in [4.69, 9.17) is 4.74 Å². The maximum Gasteiger partial charge on any atom is 0.311 e. The summed E-state index contributed by atoms with van der Waals surface area (Å²) in [5.41, 5.74) is 0.114. The fourth-order valence-corrected chi connectivity index (χ4v) is 2.47. The summed E-state index contributed by atoms with van der Waals surface area (Å²) < 4.78 is 4.95. The minimum Gasteiger partial charge on any atom is -0.490 e. The van der Waals surface area contributed by atoms with Gasteiger partial charge in [-0.2, -0.15) is 0 Å². The summed E-state index contributed by atoms with van der Waals surface area (Å²) in [6.45, 7) is 5.28. The van der Waals surface area contributed by atoms with Crippen LogP contribution in [0.3, 0.4) is 0 Å². The summed E-state index contributed by atoms with van der Waals surface area (Å²) in [5.74, 6) is -0.0418. The molecule has 0 spiro atoms. The quantitative estimate of drug-likeness (QED) is 0.675. The zero-order valence-corrected chi connectivity index (χ0v) is 13.6. The van der Waals surface area contributed by atoms with E-state index in [0.29, 0.717) is 12.1 Å². The first-order chi connectivity index (χ1) is 9.95. The first kappa shape index (κ1) is 18.2. The lowest BCUT2D eigenvalue weighted by Crippen LogP contribution is -2.57. The van der Waals surface area contributed by atoms with Crippen LogP contribution in [0.25, 0.3) is 0 Å². The molecule has 8 heteroatoms. The Balaban J connectivity index is 0.00000242. The Morgan fingerprint density at radius 1 is 1.45 bits per heavy atom. The van der Waals surface area contributed by atoms with Crippen molar-refractivity contribution in [2.75, 3.05) is 20.2 Å². The van der Waals surface area contributed by atoms with E-state index < -0.39 is 4.92 Å². The molecular weight excluding hydrogens is 310 g/mol. The number of piperazine rings is 1. The van der Waals surface area contributed by atoms with E-state index in [1.54, 1.807) is 11.0 Å². The number of carbonyl (C=O) groups is 1. The number of ether oxygens (including phenoxy) is 1. The molecule has 2 rings (SSSR count). The molecule has 0 bridgehead atoms. The third-order valence-corrected chi connectivity index (χ3v) is 3.92. The molecule has 0 aromatic heterocycles. The Morgan fingerprint density at radius 3 is 2.73 bits per heavy atom. The first-order valence-corrected chi connectivity index (χ1v) is 6.82. The number of amides is 1. The Bertz CT molecular complexity index is 567. The molecule has 1 N–H and O–H groups in total. The van der Waals surface area contributed by atoms with E-state index >= 15 is 0 Å². The number of rotatable bonds is 3. The lowest BCUT2D eigenvalue weighted by atomic mass is 10.0. The molecule has 0 radical (unpaired) electrons. The molecule has 1 saturated heterocycles. The molecule has 2 atom stereocenters. The summed E-state index contributed by atoms with van der Waals surface area (Å²) in [4.78, 5) is 24.8. The molecule has 2 unspecified atom stereocenters. The van der Waals surface area contributed by atoms with Crippen molar-refractivity contribution in [3.8, 4) is 5.75 Å². The van der Waals surface area contributed by atoms with Gasteiger partial charge in [0.05, 0.1) is 12.0 Å². The lowest BCUT2D eigenvalue weighted by Gasteiger charge is -2.38. The molecule has 22 heavy (non-hydrogen) atoms. The van der Waals surface area contributed by atoms with Gasteiger partial charge < -0.3 is 15.0 Å². The minimum absolute atomic E-state index is 0. The Hall–Kier alpha value is -1.86. The van der Waals surface area contributed by atoms with Gasteiger partial charge in [0.2, 0.25) is 0 Å². The highest BCUT2D eigenvalue weighted by molar-refractivity contribution is 5.95. The topological polar surface area (TPSA) is 84.7 Å². The molecule has 1 fully saturated rings. The van der Waals surface area contributed by atoms with Gasteiger partial charge in [0.15, 0.2) is 5.75 Å². The van der Waals surface area contributed by atoms with Crippen molar-refractivity contribution >= 4 is 24.0 Å². The molecule has 1 aromatic rings. The number of hydrogen-bond acceptors (Lipinski definition) is 5. The van der Waals surface area contributed by atoms with Crippen molar-refractivity contribution < 1.29 is 14.5 Å². The Labute approximate surface area is 135 Å². The fourth-order valence-electron chi connectivity index (χ4n) is 2.47. The number of hydrogen-bond donors (Lipinski definition) is 1. The maximum atomic E-state index is 12.6. The largest absolute Gasteiger partial charge is 0.490 e. The van der Waals surface area contributed by atoms with Gasteiger partial charge in [0.1, 0.15) is 0 Å². The third kappa shape index (κ3) is 3.48. The number of methoxy groups -OCH3 is 1. The van der Waals surface area contributed by atoms with Crippen LogP contribution in [0.2, 0.25) is 0 Å². The average Bonchev–Trinajstić information content (AvgIpc) is 2.48. The molecule has 0 saturated carbocycles. The fraction of sp³-hybridized carbons (Fsp3) is 0.500. The number of nitrogens with zero attached hydrogens (tertiary/aromatic N) is 2. The Kier molecular flexibility index (Phi) is 6.13. The van der Waals surface area contributed by atoms with Crippen LogP contribution in [0.4, 0.5) is 5.69 Å². The van der Waals surface area contributed by atoms with Gasteiger partial charge in [-0.15, -0.1) is 12.4 Å². The second-order valence-electron chi connectivity index (χ2n) is 5.13. The molecule has 1 amide bonds. The Morgan fingerprint density at radius 2 is 2.14 bits per heavy atom. The highest BCUT2D eigenvalue weighted by atomic mass is 35.5. The predicted molar refractivity (Wildman–Crippen MR) is 84.9 cm³/mol. The highest BCUT2D eigenvalue weighted by Gasteiger charge is 2.30. The van der Waals surface area contributed by atoms with E-state index in [0.717, 1.165) is 6.54 Å². The predicted octanol–water partition coefficient (Wildman–Crippen LogP) is 1.85. The van der Waals surface area contributed by atoms with Crippen molar-refractivity contribution in [3.05, 3.63) is 33.9 Å². The number of halogens is 1. The van der Waals surface area contributed by atoms with Gasteiger partial charge in [-0.25, -0.2) is 0 Å². The number of nitro groups is 1. The SMILES string of the molecule is COc1ccc(C(=O)N2CCNC(C)C2C)cc1[N+](=O)[O-].Cl. The zero-order valence-electron chi connectivity index (χ0n) is 12.7. The summed E-state index contributed by atoms with van der Waals surface area (Å²) >= 11 is 0. The van der Waals surface area contributed by atoms with Crippen molar-refractivity contribution in [2.45, 2.75) is 25.9 Å². The van der Waals surface area contributed by atoms with Crippen molar-refractivity contribution in [3.63, 3.8) is 0 Å². The molecule has 7 nitrogen and oxygen atoms in total. The summed E-state index contributed by atoms with van der Waals surface area (Å²) in [6, 6.07) is 4.53. The van der Waals surface area contributed by atoms with Crippen molar-refractivity contribution in [2.24, 2.45) is 0 Å². The summed E-state index contributed by atoms with van der Waals surface area (Å²) in [7, 11) is 1.36. The smallest absolute Gasteiger partial charge is 0.311 e. The zero-order chi connectivity index (χ0) is 15.6. The number of benzene rings is 1. The van der Waals surface area contributed by atoms with Gasteiger partial charge in [0.25, 0.3) is 5.91 Å². The molecule has 122 valence electrons. The van der Waals surface area contributed by atoms with E-state index in [9.17, 15) is 14.9 Å². The number of nitrogens with one attached hydrogen (secondary N) is 1. The molecule has 1 aromatic carbocycles. The molecule has 0 aliphatic carbocycles.